The van der Waals surface area contributed by atoms with Gasteiger partial charge in [0.05, 0.1) is 5.41 Å². The molecule has 0 aromatic heterocycles. The van der Waals surface area contributed by atoms with Crippen LogP contribution in [0.1, 0.15) is 309 Å². The highest BCUT2D eigenvalue weighted by molar-refractivity contribution is 5.90. The van der Waals surface area contributed by atoms with Crippen molar-refractivity contribution in [3.05, 3.63) is 207 Å². The van der Waals surface area contributed by atoms with Gasteiger partial charge in [0.1, 0.15) is 0 Å². The van der Waals surface area contributed by atoms with E-state index in [-0.39, 0.29) is 10.8 Å². The molecule has 5 aliphatic rings. The Morgan fingerprint density at radius 1 is 0.352 bits per heavy atom. The van der Waals surface area contributed by atoms with E-state index in [4.69, 9.17) is 0 Å². The lowest BCUT2D eigenvalue weighted by molar-refractivity contribution is 0.344. The zero-order valence-corrected chi connectivity index (χ0v) is 56.3. The smallest absolute Gasteiger partial charge is 0.0714 e. The number of fused-ring (bicyclic) bond motifs is 3. The van der Waals surface area contributed by atoms with Gasteiger partial charge >= 0.3 is 0 Å². The number of nitrogens with zero attached hydrogens (tertiary/aromatic N) is 1. The number of benzene rings is 7. The summed E-state index contributed by atoms with van der Waals surface area (Å²) in [7, 11) is 0. The van der Waals surface area contributed by atoms with E-state index in [0.29, 0.717) is 23.7 Å². The fraction of sp³-hybridized carbons (Fsp3) is 0.517. The van der Waals surface area contributed by atoms with Gasteiger partial charge in [0.2, 0.25) is 0 Å². The van der Waals surface area contributed by atoms with Crippen molar-refractivity contribution < 1.29 is 0 Å². The molecule has 0 bridgehead atoms. The first-order valence-electron chi connectivity index (χ1n) is 36.4. The Hall–Kier alpha value is -5.66. The zero-order chi connectivity index (χ0) is 61.0. The summed E-state index contributed by atoms with van der Waals surface area (Å²) in [6.07, 6.45) is 35.3. The number of anilines is 3. The highest BCUT2D eigenvalue weighted by Gasteiger charge is 2.47. The molecule has 88 heavy (non-hydrogen) atoms. The van der Waals surface area contributed by atoms with E-state index in [9.17, 15) is 0 Å². The normalized spacial score (nSPS) is 23.1. The minimum Gasteiger partial charge on any atom is -0.310 e. The second-order valence-corrected chi connectivity index (χ2v) is 31.1. The average molecular weight is 1170 g/mol. The van der Waals surface area contributed by atoms with Gasteiger partial charge in [-0.2, -0.15) is 0 Å². The van der Waals surface area contributed by atoms with Gasteiger partial charge in [-0.1, -0.05) is 293 Å². The standard InChI is InChI=1S/C87H111N/c1-10-61-24-18-32-65(33-19-25-61)70-58-80(67-34-20-26-62(11-2)27-21-35-67)84(81(59-70)68-36-22-28-63(12-3)29-23-37-68)69-42-54-76(55-43-69)88(75-52-40-66(41-53-75)64-30-14-13-15-31-64)77-56-57-79-78-38-16-17-39-82(78)87(83(79)60-77,73-48-44-71(45-49-73)85(4,5)6)74-50-46-72(47-51-74)86(7,8)9/h16-17,38-65,67-68H,10-15,18-37H2,1-9H3. The molecule has 0 saturated heterocycles. The van der Waals surface area contributed by atoms with Gasteiger partial charge in [-0.15, -0.1) is 0 Å². The molecule has 5 aliphatic carbocycles. The van der Waals surface area contributed by atoms with Crippen molar-refractivity contribution in [2.45, 2.75) is 269 Å². The molecule has 0 heterocycles. The van der Waals surface area contributed by atoms with Crippen LogP contribution in [-0.2, 0) is 16.2 Å². The summed E-state index contributed by atoms with van der Waals surface area (Å²) >= 11 is 0. The van der Waals surface area contributed by atoms with E-state index in [1.807, 2.05) is 0 Å². The summed E-state index contributed by atoms with van der Waals surface area (Å²) in [5.41, 5.74) is 23.7. The largest absolute Gasteiger partial charge is 0.310 e. The van der Waals surface area contributed by atoms with E-state index in [1.165, 1.54) is 240 Å². The molecule has 4 saturated carbocycles. The van der Waals surface area contributed by atoms with E-state index < -0.39 is 5.41 Å². The first kappa shape index (κ1) is 62.5. The van der Waals surface area contributed by atoms with Crippen LogP contribution in [0.25, 0.3) is 22.3 Å². The van der Waals surface area contributed by atoms with Crippen molar-refractivity contribution in [2.24, 2.45) is 17.8 Å². The third kappa shape index (κ3) is 13.1. The SMILES string of the molecule is CCC1CCCC(c2cc(C3CCCC(CC)CCC3)c(-c3ccc(N(c4ccc(C5CCCCC5)cc4)c4ccc5c(c4)C(c4ccc(C(C)(C)C)cc4)(c4ccc(C(C)(C)C)cc4)c4ccccc4-5)cc3)c(C3CCCC(CC)CCC3)c2)CCC1. The molecular weight excluding hydrogens is 1060 g/mol. The minimum atomic E-state index is -0.537. The summed E-state index contributed by atoms with van der Waals surface area (Å²) in [5, 5.41) is 0. The van der Waals surface area contributed by atoms with Crippen LogP contribution in [-0.4, -0.2) is 0 Å². The molecule has 1 nitrogen and oxygen atoms in total. The maximum absolute atomic E-state index is 2.86. The summed E-state index contributed by atoms with van der Waals surface area (Å²) < 4.78 is 0. The van der Waals surface area contributed by atoms with Crippen LogP contribution in [0, 0.1) is 17.8 Å². The summed E-state index contributed by atoms with van der Waals surface area (Å²) in [6, 6.07) is 62.2. The third-order valence-electron chi connectivity index (χ3n) is 23.6. The van der Waals surface area contributed by atoms with Crippen LogP contribution >= 0.6 is 0 Å². The Morgan fingerprint density at radius 3 is 1.20 bits per heavy atom. The van der Waals surface area contributed by atoms with Crippen molar-refractivity contribution >= 4 is 17.1 Å². The Kier molecular flexibility index (Phi) is 19.5. The molecule has 0 aliphatic heterocycles. The molecule has 4 fully saturated rings. The minimum absolute atomic E-state index is 0.0424. The Morgan fingerprint density at radius 2 is 0.750 bits per heavy atom. The number of hydrogen-bond donors (Lipinski definition) is 0. The van der Waals surface area contributed by atoms with Gasteiger partial charge in [-0.25, -0.2) is 0 Å². The van der Waals surface area contributed by atoms with Crippen molar-refractivity contribution in [2.75, 3.05) is 4.90 Å². The first-order valence-corrected chi connectivity index (χ1v) is 36.4. The topological polar surface area (TPSA) is 3.24 Å². The van der Waals surface area contributed by atoms with Crippen LogP contribution in [0.2, 0.25) is 0 Å². The van der Waals surface area contributed by atoms with Crippen molar-refractivity contribution in [3.63, 3.8) is 0 Å². The van der Waals surface area contributed by atoms with Crippen LogP contribution in [0.15, 0.2) is 152 Å². The molecule has 0 atom stereocenters. The van der Waals surface area contributed by atoms with Crippen LogP contribution in [0.4, 0.5) is 17.1 Å². The maximum atomic E-state index is 2.86. The predicted octanol–water partition coefficient (Wildman–Crippen LogP) is 26.2. The quantitative estimate of drug-likeness (QED) is 0.111. The highest BCUT2D eigenvalue weighted by atomic mass is 15.1. The lowest BCUT2D eigenvalue weighted by atomic mass is 9.67. The van der Waals surface area contributed by atoms with Gasteiger partial charge in [0.15, 0.2) is 0 Å². The first-order chi connectivity index (χ1) is 42.7. The van der Waals surface area contributed by atoms with Crippen molar-refractivity contribution in [3.8, 4) is 22.3 Å². The fourth-order valence-corrected chi connectivity index (χ4v) is 18.1. The van der Waals surface area contributed by atoms with Gasteiger partial charge in [0, 0.05) is 17.1 Å². The Balaban J connectivity index is 1.03. The van der Waals surface area contributed by atoms with Gasteiger partial charge in [-0.05, 0) is 218 Å². The number of rotatable bonds is 13. The summed E-state index contributed by atoms with van der Waals surface area (Å²) in [4.78, 5) is 2.62. The van der Waals surface area contributed by atoms with Crippen LogP contribution < -0.4 is 4.90 Å². The molecule has 0 unspecified atom stereocenters. The highest BCUT2D eigenvalue weighted by Crippen LogP contribution is 2.58. The van der Waals surface area contributed by atoms with E-state index >= 15 is 0 Å². The fourth-order valence-electron chi connectivity index (χ4n) is 18.1. The monoisotopic (exact) mass is 1170 g/mol. The third-order valence-corrected chi connectivity index (χ3v) is 23.6. The molecule has 0 amide bonds. The van der Waals surface area contributed by atoms with E-state index in [1.54, 1.807) is 22.3 Å². The Bertz CT molecular complexity index is 3250. The summed E-state index contributed by atoms with van der Waals surface area (Å²) in [6.45, 7) is 21.4. The zero-order valence-electron chi connectivity index (χ0n) is 56.3. The average Bonchev–Trinajstić information content (AvgIpc) is 1.55. The Labute approximate surface area is 535 Å². The molecule has 0 spiro atoms. The van der Waals surface area contributed by atoms with Crippen molar-refractivity contribution in [1.29, 1.82) is 0 Å². The van der Waals surface area contributed by atoms with Crippen LogP contribution in [0.5, 0.6) is 0 Å². The lowest BCUT2D eigenvalue weighted by Gasteiger charge is -2.36. The van der Waals surface area contributed by atoms with Gasteiger partial charge in [0.25, 0.3) is 0 Å². The second kappa shape index (κ2) is 27.4. The molecule has 0 radical (unpaired) electrons. The molecular formula is C87H111N. The molecule has 464 valence electrons. The predicted molar refractivity (Wildman–Crippen MR) is 380 cm³/mol. The molecule has 0 N–H and O–H groups in total. The van der Waals surface area contributed by atoms with Gasteiger partial charge in [-0.3, -0.25) is 0 Å². The molecule has 7 aromatic carbocycles. The van der Waals surface area contributed by atoms with Crippen molar-refractivity contribution in [1.82, 2.24) is 0 Å². The van der Waals surface area contributed by atoms with Crippen LogP contribution in [0.3, 0.4) is 0 Å². The molecule has 1 heteroatoms. The molecule has 12 rings (SSSR count). The van der Waals surface area contributed by atoms with E-state index in [0.717, 1.165) is 17.8 Å². The molecule has 7 aromatic rings. The van der Waals surface area contributed by atoms with E-state index in [2.05, 4.69) is 219 Å². The summed E-state index contributed by atoms with van der Waals surface area (Å²) in [5.74, 6) is 5.23. The number of hydrogen-bond acceptors (Lipinski definition) is 1. The van der Waals surface area contributed by atoms with Gasteiger partial charge < -0.3 is 4.90 Å². The second-order valence-electron chi connectivity index (χ2n) is 31.1. The maximum Gasteiger partial charge on any atom is 0.0714 e. The lowest BCUT2D eigenvalue weighted by Crippen LogP contribution is -2.29.